The molecule has 2 aromatic carbocycles. The maximum atomic E-state index is 9.78. The lowest BCUT2D eigenvalue weighted by Gasteiger charge is -2.43. The van der Waals surface area contributed by atoms with Crippen molar-refractivity contribution in [3.63, 3.8) is 0 Å². The van der Waals surface area contributed by atoms with Gasteiger partial charge in [-0.1, -0.05) is 79.7 Å². The number of nitrogens with one attached hydrogen (secondary N) is 1. The van der Waals surface area contributed by atoms with Crippen LogP contribution in [0.3, 0.4) is 0 Å². The molecular weight excluding hydrogens is 296 g/mol. The highest BCUT2D eigenvalue weighted by Gasteiger charge is 2.41. The van der Waals surface area contributed by atoms with Gasteiger partial charge in [0.1, 0.15) is 0 Å². The zero-order chi connectivity index (χ0) is 16.9. The molecule has 3 nitrogen and oxygen atoms in total. The largest absolute Gasteiger partial charge is 0.411 e. The molecule has 126 valence electrons. The molecule has 1 fully saturated rings. The Morgan fingerprint density at radius 3 is 1.54 bits per heavy atom. The summed E-state index contributed by atoms with van der Waals surface area (Å²) in [4.78, 5) is 0. The summed E-state index contributed by atoms with van der Waals surface area (Å²) in [5, 5.41) is 17.4. The molecule has 0 unspecified atom stereocenters. The van der Waals surface area contributed by atoms with E-state index in [0.29, 0.717) is 0 Å². The van der Waals surface area contributed by atoms with E-state index in [1.165, 1.54) is 11.1 Å². The minimum absolute atomic E-state index is 0.162. The van der Waals surface area contributed by atoms with Gasteiger partial charge in [-0.15, -0.1) is 0 Å². The Kier molecular flexibility index (Phi) is 5.31. The highest BCUT2D eigenvalue weighted by Crippen LogP contribution is 2.41. The predicted octanol–water partition coefficient (Wildman–Crippen LogP) is 4.95. The van der Waals surface area contributed by atoms with Crippen LogP contribution < -0.4 is 5.32 Å². The third-order valence-electron chi connectivity index (χ3n) is 5.24. The van der Waals surface area contributed by atoms with Crippen LogP contribution in [0.5, 0.6) is 0 Å². The second kappa shape index (κ2) is 7.63. The molecule has 1 saturated heterocycles. The molecule has 2 N–H and O–H groups in total. The number of hydrogen-bond donors (Lipinski definition) is 2. The second-order valence-electron chi connectivity index (χ2n) is 6.50. The van der Waals surface area contributed by atoms with Gasteiger partial charge in [0.25, 0.3) is 0 Å². The normalized spacial score (nSPS) is 28.8. The maximum Gasteiger partial charge on any atom is 0.0670 e. The van der Waals surface area contributed by atoms with Gasteiger partial charge in [-0.2, -0.15) is 0 Å². The lowest BCUT2D eigenvalue weighted by molar-refractivity contribution is 0.252. The number of hydrogen-bond acceptors (Lipinski definition) is 3. The Hall–Kier alpha value is -2.13. The summed E-state index contributed by atoms with van der Waals surface area (Å²) in [7, 11) is 0. The van der Waals surface area contributed by atoms with Crippen LogP contribution in [-0.2, 0) is 0 Å². The summed E-state index contributed by atoms with van der Waals surface area (Å²) >= 11 is 0. The number of benzene rings is 2. The Balaban J connectivity index is 2.04. The first-order chi connectivity index (χ1) is 11.8. The smallest absolute Gasteiger partial charge is 0.0670 e. The van der Waals surface area contributed by atoms with Crippen molar-refractivity contribution in [2.45, 2.75) is 38.8 Å². The van der Waals surface area contributed by atoms with Crippen molar-refractivity contribution in [2.24, 2.45) is 17.0 Å². The molecule has 0 aromatic heterocycles. The van der Waals surface area contributed by atoms with E-state index in [2.05, 4.69) is 72.9 Å². The van der Waals surface area contributed by atoms with Gasteiger partial charge in [-0.25, -0.2) is 0 Å². The zero-order valence-corrected chi connectivity index (χ0v) is 14.4. The molecule has 3 rings (SSSR count). The quantitative estimate of drug-likeness (QED) is 0.617. The van der Waals surface area contributed by atoms with Gasteiger partial charge in [0, 0.05) is 23.9 Å². The number of piperidine rings is 1. The molecule has 0 radical (unpaired) electrons. The molecule has 1 heterocycles. The third kappa shape index (κ3) is 3.09. The van der Waals surface area contributed by atoms with Gasteiger partial charge in [0.15, 0.2) is 0 Å². The van der Waals surface area contributed by atoms with Crippen LogP contribution in [0.1, 0.15) is 49.9 Å². The van der Waals surface area contributed by atoms with Gasteiger partial charge in [-0.05, 0) is 24.0 Å². The van der Waals surface area contributed by atoms with E-state index in [4.69, 9.17) is 0 Å². The monoisotopic (exact) mass is 322 g/mol. The number of oxime groups is 1. The minimum Gasteiger partial charge on any atom is -0.411 e. The molecule has 0 spiro atoms. The highest BCUT2D eigenvalue weighted by atomic mass is 16.4. The number of nitrogens with zero attached hydrogens (tertiary/aromatic N) is 1. The second-order valence-corrected chi connectivity index (χ2v) is 6.50. The summed E-state index contributed by atoms with van der Waals surface area (Å²) < 4.78 is 0. The minimum atomic E-state index is 0.162. The third-order valence-corrected chi connectivity index (χ3v) is 5.24. The molecule has 0 aliphatic carbocycles. The van der Waals surface area contributed by atoms with Gasteiger partial charge < -0.3 is 10.5 Å². The first-order valence-electron chi connectivity index (χ1n) is 8.87. The van der Waals surface area contributed by atoms with Crippen LogP contribution in [0.25, 0.3) is 0 Å². The summed E-state index contributed by atoms with van der Waals surface area (Å²) in [6.07, 6.45) is 1.90. The van der Waals surface area contributed by atoms with Crippen LogP contribution in [0.2, 0.25) is 0 Å². The van der Waals surface area contributed by atoms with Crippen LogP contribution >= 0.6 is 0 Å². The number of rotatable bonds is 4. The van der Waals surface area contributed by atoms with Crippen LogP contribution in [0.15, 0.2) is 65.8 Å². The van der Waals surface area contributed by atoms with E-state index >= 15 is 0 Å². The molecule has 1 aliphatic heterocycles. The Morgan fingerprint density at radius 2 is 1.21 bits per heavy atom. The summed E-state index contributed by atoms with van der Waals surface area (Å²) in [6, 6.07) is 21.3. The summed E-state index contributed by atoms with van der Waals surface area (Å²) in [5.41, 5.74) is 3.43. The Labute approximate surface area is 144 Å². The van der Waals surface area contributed by atoms with Crippen molar-refractivity contribution in [3.05, 3.63) is 71.8 Å². The van der Waals surface area contributed by atoms with Crippen molar-refractivity contribution in [3.8, 4) is 0 Å². The van der Waals surface area contributed by atoms with Crippen molar-refractivity contribution in [1.29, 1.82) is 0 Å². The van der Waals surface area contributed by atoms with Gasteiger partial charge >= 0.3 is 0 Å². The van der Waals surface area contributed by atoms with E-state index in [9.17, 15) is 5.21 Å². The van der Waals surface area contributed by atoms with E-state index in [-0.39, 0.29) is 23.9 Å². The molecule has 2 aromatic rings. The fraction of sp³-hybridized carbons (Fsp3) is 0.381. The van der Waals surface area contributed by atoms with Crippen molar-refractivity contribution in [1.82, 2.24) is 5.32 Å². The lowest BCUT2D eigenvalue weighted by atomic mass is 9.72. The van der Waals surface area contributed by atoms with E-state index in [1.807, 2.05) is 12.1 Å². The fourth-order valence-electron chi connectivity index (χ4n) is 4.06. The van der Waals surface area contributed by atoms with E-state index in [1.54, 1.807) is 0 Å². The lowest BCUT2D eigenvalue weighted by Crippen LogP contribution is -2.48. The highest BCUT2D eigenvalue weighted by molar-refractivity contribution is 5.91. The van der Waals surface area contributed by atoms with E-state index < -0.39 is 0 Å². The van der Waals surface area contributed by atoms with Crippen LogP contribution in [0.4, 0.5) is 0 Å². The molecule has 0 bridgehead atoms. The fourth-order valence-corrected chi connectivity index (χ4v) is 4.06. The van der Waals surface area contributed by atoms with Crippen LogP contribution in [-0.4, -0.2) is 10.9 Å². The van der Waals surface area contributed by atoms with Crippen LogP contribution in [0, 0.1) is 11.8 Å². The molecule has 4 atom stereocenters. The topological polar surface area (TPSA) is 44.6 Å². The standard InChI is InChI=1S/C21H26N2O/c1-3-17-19(15-11-7-5-8-12-15)22-20(16-13-9-6-10-14-16)18(4-2)21(17)23-24/h5-14,17-20,22,24H,3-4H2,1-2H3/t17-,18+,19-,20-/m1/s1. The van der Waals surface area contributed by atoms with Crippen molar-refractivity contribution >= 4 is 5.71 Å². The van der Waals surface area contributed by atoms with Gasteiger partial charge in [-0.3, -0.25) is 0 Å². The van der Waals surface area contributed by atoms with E-state index in [0.717, 1.165) is 18.6 Å². The first kappa shape index (κ1) is 16.7. The van der Waals surface area contributed by atoms with Crippen molar-refractivity contribution in [2.75, 3.05) is 0 Å². The van der Waals surface area contributed by atoms with Crippen molar-refractivity contribution < 1.29 is 5.21 Å². The average molecular weight is 322 g/mol. The molecule has 3 heteroatoms. The molecule has 0 saturated carbocycles. The zero-order valence-electron chi connectivity index (χ0n) is 14.4. The first-order valence-corrected chi connectivity index (χ1v) is 8.87. The Morgan fingerprint density at radius 1 is 0.792 bits per heavy atom. The SMILES string of the molecule is CC[C@@H]1C(=NO)[C@H](CC)[C@@H](c2ccccc2)N[C@@H]1c1ccccc1. The molecule has 1 aliphatic rings. The molecular formula is C21H26N2O. The average Bonchev–Trinajstić information content (AvgIpc) is 2.67. The molecule has 0 amide bonds. The predicted molar refractivity (Wildman–Crippen MR) is 98.3 cm³/mol. The summed E-state index contributed by atoms with van der Waals surface area (Å²) in [5.74, 6) is 0.421. The summed E-state index contributed by atoms with van der Waals surface area (Å²) in [6.45, 7) is 4.34. The molecule has 24 heavy (non-hydrogen) atoms. The maximum absolute atomic E-state index is 9.78. The van der Waals surface area contributed by atoms with Gasteiger partial charge in [0.05, 0.1) is 5.71 Å². The Bertz CT molecular complexity index is 613. The van der Waals surface area contributed by atoms with Gasteiger partial charge in [0.2, 0.25) is 0 Å².